The van der Waals surface area contributed by atoms with Gasteiger partial charge in [-0.05, 0) is 54.4 Å². The first-order valence-electron chi connectivity index (χ1n) is 9.45. The summed E-state index contributed by atoms with van der Waals surface area (Å²) < 4.78 is 13.3. The Labute approximate surface area is 173 Å². The minimum atomic E-state index is -0.767. The van der Waals surface area contributed by atoms with Crippen LogP contribution in [0.3, 0.4) is 0 Å². The molecule has 1 amide bonds. The van der Waals surface area contributed by atoms with Gasteiger partial charge in [0.25, 0.3) is 11.7 Å². The van der Waals surface area contributed by atoms with E-state index in [1.807, 2.05) is 31.2 Å². The zero-order valence-electron chi connectivity index (χ0n) is 16.2. The average molecular weight is 402 g/mol. The molecule has 1 fully saturated rings. The van der Waals surface area contributed by atoms with Crippen molar-refractivity contribution in [2.24, 2.45) is 0 Å². The summed E-state index contributed by atoms with van der Waals surface area (Å²) in [5.41, 5.74) is 2.81. The number of nitrogens with zero attached hydrogens (tertiary/aromatic N) is 2. The van der Waals surface area contributed by atoms with E-state index < -0.39 is 23.5 Å². The number of hydrogen-bond donors (Lipinski definition) is 1. The molecule has 30 heavy (non-hydrogen) atoms. The van der Waals surface area contributed by atoms with E-state index in [9.17, 15) is 19.1 Å². The third-order valence-electron chi connectivity index (χ3n) is 5.15. The van der Waals surface area contributed by atoms with Gasteiger partial charge in [0.1, 0.15) is 11.6 Å². The van der Waals surface area contributed by atoms with Crippen LogP contribution in [0.5, 0.6) is 0 Å². The molecule has 0 unspecified atom stereocenters. The van der Waals surface area contributed by atoms with E-state index in [0.29, 0.717) is 5.56 Å². The normalized spacial score (nSPS) is 18.1. The second-order valence-corrected chi connectivity index (χ2v) is 7.20. The van der Waals surface area contributed by atoms with Crippen LogP contribution in [0.4, 0.5) is 4.39 Å². The number of pyridine rings is 1. The van der Waals surface area contributed by atoms with Gasteiger partial charge >= 0.3 is 0 Å². The van der Waals surface area contributed by atoms with Gasteiger partial charge in [-0.15, -0.1) is 0 Å². The summed E-state index contributed by atoms with van der Waals surface area (Å²) in [4.78, 5) is 31.3. The van der Waals surface area contributed by atoms with Crippen molar-refractivity contribution in [3.05, 3.63) is 107 Å². The van der Waals surface area contributed by atoms with E-state index in [1.54, 1.807) is 24.5 Å². The molecule has 0 saturated carbocycles. The van der Waals surface area contributed by atoms with Gasteiger partial charge in [-0.25, -0.2) is 4.39 Å². The molecule has 1 N–H and O–H groups in total. The molecule has 3 aromatic rings. The molecule has 150 valence electrons. The van der Waals surface area contributed by atoms with Crippen LogP contribution < -0.4 is 0 Å². The minimum Gasteiger partial charge on any atom is -0.507 e. The average Bonchev–Trinajstić information content (AvgIpc) is 3.00. The number of aromatic nitrogens is 1. The van der Waals surface area contributed by atoms with Gasteiger partial charge < -0.3 is 10.0 Å². The van der Waals surface area contributed by atoms with Crippen LogP contribution in [0.1, 0.15) is 28.3 Å². The fourth-order valence-corrected chi connectivity index (χ4v) is 3.59. The van der Waals surface area contributed by atoms with Gasteiger partial charge in [-0.3, -0.25) is 14.6 Å². The predicted molar refractivity (Wildman–Crippen MR) is 110 cm³/mol. The van der Waals surface area contributed by atoms with Crippen LogP contribution in [-0.4, -0.2) is 26.7 Å². The number of rotatable bonds is 4. The molecular weight excluding hydrogens is 383 g/mol. The summed E-state index contributed by atoms with van der Waals surface area (Å²) in [7, 11) is 0. The van der Waals surface area contributed by atoms with Crippen molar-refractivity contribution >= 4 is 17.4 Å². The first kappa shape index (κ1) is 19.5. The zero-order valence-corrected chi connectivity index (χ0v) is 16.2. The van der Waals surface area contributed by atoms with Crippen LogP contribution in [0.2, 0.25) is 0 Å². The number of hydrogen-bond acceptors (Lipinski definition) is 4. The molecule has 5 nitrogen and oxygen atoms in total. The molecule has 2 aromatic carbocycles. The Morgan fingerprint density at radius 2 is 1.63 bits per heavy atom. The zero-order chi connectivity index (χ0) is 21.3. The SMILES string of the molecule is Cc1ccc([C@@H]2/C(=C(\O)c3ccc(F)cc3)C(=O)C(=O)N2Cc2ccncc2)cc1. The Morgan fingerprint density at radius 1 is 1.00 bits per heavy atom. The molecule has 1 saturated heterocycles. The highest BCUT2D eigenvalue weighted by Crippen LogP contribution is 2.40. The Hall–Kier alpha value is -3.80. The number of Topliss-reactive ketones (excluding diaryl/α,β-unsaturated/α-hetero) is 1. The minimum absolute atomic E-state index is 0.00971. The number of ketones is 1. The van der Waals surface area contributed by atoms with E-state index in [2.05, 4.69) is 4.98 Å². The molecule has 1 aliphatic heterocycles. The number of aliphatic hydroxyl groups is 1. The lowest BCUT2D eigenvalue weighted by molar-refractivity contribution is -0.140. The van der Waals surface area contributed by atoms with Gasteiger partial charge in [-0.1, -0.05) is 29.8 Å². The van der Waals surface area contributed by atoms with Crippen LogP contribution in [0, 0.1) is 12.7 Å². The van der Waals surface area contributed by atoms with Gasteiger partial charge in [-0.2, -0.15) is 0 Å². The summed E-state index contributed by atoms with van der Waals surface area (Å²) >= 11 is 0. The van der Waals surface area contributed by atoms with Crippen molar-refractivity contribution in [1.29, 1.82) is 0 Å². The van der Waals surface area contributed by atoms with Crippen LogP contribution in [0.15, 0.2) is 78.6 Å². The topological polar surface area (TPSA) is 70.5 Å². The van der Waals surface area contributed by atoms with Gasteiger partial charge in [0, 0.05) is 24.5 Å². The second kappa shape index (κ2) is 7.91. The summed E-state index contributed by atoms with van der Waals surface area (Å²) in [6, 6.07) is 15.4. The number of halogens is 1. The molecule has 6 heteroatoms. The maximum Gasteiger partial charge on any atom is 0.295 e. The van der Waals surface area contributed by atoms with Crippen LogP contribution in [0.25, 0.3) is 5.76 Å². The quantitative estimate of drug-likeness (QED) is 0.404. The van der Waals surface area contributed by atoms with Crippen molar-refractivity contribution in [3.8, 4) is 0 Å². The fraction of sp³-hybridized carbons (Fsp3) is 0.125. The Kier molecular flexibility index (Phi) is 5.14. The molecule has 1 atom stereocenters. The number of carbonyl (C=O) groups is 2. The number of amides is 1. The standard InChI is InChI=1S/C24H19FN2O3/c1-15-2-4-17(5-3-15)21-20(22(28)18-6-8-19(25)9-7-18)23(29)24(30)27(21)14-16-10-12-26-13-11-16/h2-13,21,28H,14H2,1H3/b22-20+/t21-/m1/s1. The largest absolute Gasteiger partial charge is 0.507 e. The number of aryl methyl sites for hydroxylation is 1. The monoisotopic (exact) mass is 402 g/mol. The first-order chi connectivity index (χ1) is 14.5. The molecule has 1 aliphatic rings. The first-order valence-corrected chi connectivity index (χ1v) is 9.45. The molecule has 0 spiro atoms. The Balaban J connectivity index is 1.85. The number of benzene rings is 2. The van der Waals surface area contributed by atoms with Gasteiger partial charge in [0.2, 0.25) is 0 Å². The summed E-state index contributed by atoms with van der Waals surface area (Å²) in [5, 5.41) is 10.9. The van der Waals surface area contributed by atoms with Crippen molar-refractivity contribution in [3.63, 3.8) is 0 Å². The van der Waals surface area contributed by atoms with E-state index >= 15 is 0 Å². The van der Waals surface area contributed by atoms with Crippen molar-refractivity contribution < 1.29 is 19.1 Å². The second-order valence-electron chi connectivity index (χ2n) is 7.20. The molecule has 0 bridgehead atoms. The van der Waals surface area contributed by atoms with E-state index in [0.717, 1.165) is 11.1 Å². The lowest BCUT2D eigenvalue weighted by atomic mass is 9.94. The molecular formula is C24H19FN2O3. The lowest BCUT2D eigenvalue weighted by Crippen LogP contribution is -2.29. The summed E-state index contributed by atoms with van der Waals surface area (Å²) in [6.45, 7) is 2.13. The predicted octanol–water partition coefficient (Wildman–Crippen LogP) is 4.15. The highest BCUT2D eigenvalue weighted by atomic mass is 19.1. The van der Waals surface area contributed by atoms with Crippen molar-refractivity contribution in [1.82, 2.24) is 9.88 Å². The van der Waals surface area contributed by atoms with Crippen LogP contribution >= 0.6 is 0 Å². The van der Waals surface area contributed by atoms with Crippen molar-refractivity contribution in [2.75, 3.05) is 0 Å². The lowest BCUT2D eigenvalue weighted by Gasteiger charge is -2.25. The highest BCUT2D eigenvalue weighted by Gasteiger charge is 2.46. The summed E-state index contributed by atoms with van der Waals surface area (Å²) in [6.07, 6.45) is 3.23. The molecule has 4 rings (SSSR count). The van der Waals surface area contributed by atoms with Crippen molar-refractivity contribution in [2.45, 2.75) is 19.5 Å². The smallest absolute Gasteiger partial charge is 0.295 e. The highest BCUT2D eigenvalue weighted by molar-refractivity contribution is 6.46. The van der Waals surface area contributed by atoms with E-state index in [4.69, 9.17) is 0 Å². The third-order valence-corrected chi connectivity index (χ3v) is 5.15. The van der Waals surface area contributed by atoms with E-state index in [1.165, 1.54) is 29.2 Å². The van der Waals surface area contributed by atoms with Gasteiger partial charge in [0.15, 0.2) is 0 Å². The van der Waals surface area contributed by atoms with Gasteiger partial charge in [0.05, 0.1) is 11.6 Å². The number of carbonyl (C=O) groups excluding carboxylic acids is 2. The molecule has 1 aromatic heterocycles. The number of likely N-dealkylation sites (tertiary alicyclic amines) is 1. The molecule has 0 radical (unpaired) electrons. The summed E-state index contributed by atoms with van der Waals surface area (Å²) in [5.74, 6) is -2.24. The maximum atomic E-state index is 13.3. The fourth-order valence-electron chi connectivity index (χ4n) is 3.59. The van der Waals surface area contributed by atoms with Crippen LogP contribution in [-0.2, 0) is 16.1 Å². The van der Waals surface area contributed by atoms with E-state index in [-0.39, 0.29) is 23.4 Å². The Bertz CT molecular complexity index is 1120. The maximum absolute atomic E-state index is 13.3. The molecule has 0 aliphatic carbocycles. The third kappa shape index (κ3) is 3.59. The number of aliphatic hydroxyl groups excluding tert-OH is 1. The Morgan fingerprint density at radius 3 is 2.27 bits per heavy atom. The molecule has 2 heterocycles.